The topological polar surface area (TPSA) is 57.5 Å². The molecule has 1 unspecified atom stereocenters. The summed E-state index contributed by atoms with van der Waals surface area (Å²) in [6.07, 6.45) is 0. The first-order valence-electron chi connectivity index (χ1n) is 3.75. The van der Waals surface area contributed by atoms with Crippen LogP contribution >= 0.6 is 11.6 Å². The van der Waals surface area contributed by atoms with Gasteiger partial charge in [0.25, 0.3) is 0 Å². The summed E-state index contributed by atoms with van der Waals surface area (Å²) in [5.74, 6) is -2.01. The predicted octanol–water partition coefficient (Wildman–Crippen LogP) is 1.50. The molecule has 0 saturated carbocycles. The highest BCUT2D eigenvalue weighted by Crippen LogP contribution is 2.23. The number of halogens is 1. The number of benzene rings is 1. The normalized spacial score (nSPS) is 12.5. The van der Waals surface area contributed by atoms with Crippen molar-refractivity contribution in [3.8, 4) is 0 Å². The Balaban J connectivity index is 3.04. The molecule has 70 valence electrons. The quantitative estimate of drug-likeness (QED) is 0.778. The number of carbonyl (C=O) groups is 1. The Bertz CT molecular complexity index is 311. The summed E-state index contributed by atoms with van der Waals surface area (Å²) in [6.45, 7) is -0.445. The van der Waals surface area contributed by atoms with Crippen LogP contribution in [0.15, 0.2) is 24.3 Å². The number of aliphatic hydroxyl groups excluding tert-OH is 1. The molecule has 3 nitrogen and oxygen atoms in total. The zero-order chi connectivity index (χ0) is 9.84. The lowest BCUT2D eigenvalue weighted by molar-refractivity contribution is -0.139. The maximum Gasteiger partial charge on any atom is 0.313 e. The van der Waals surface area contributed by atoms with E-state index in [1.807, 2.05) is 0 Å². The largest absolute Gasteiger partial charge is 0.481 e. The minimum absolute atomic E-state index is 0.365. The zero-order valence-electron chi connectivity index (χ0n) is 6.77. The van der Waals surface area contributed by atoms with Crippen LogP contribution in [0.1, 0.15) is 11.5 Å². The van der Waals surface area contributed by atoms with Crippen molar-refractivity contribution in [1.29, 1.82) is 0 Å². The SMILES string of the molecule is O=C(O)C(CO)c1ccccc1Cl. The van der Waals surface area contributed by atoms with Crippen molar-refractivity contribution < 1.29 is 15.0 Å². The molecular formula is C9H9ClO3. The van der Waals surface area contributed by atoms with Crippen LogP contribution in [0.5, 0.6) is 0 Å². The van der Waals surface area contributed by atoms with E-state index in [2.05, 4.69) is 0 Å². The molecule has 0 aromatic heterocycles. The van der Waals surface area contributed by atoms with E-state index in [-0.39, 0.29) is 0 Å². The lowest BCUT2D eigenvalue weighted by atomic mass is 10.0. The first-order valence-corrected chi connectivity index (χ1v) is 4.12. The van der Waals surface area contributed by atoms with E-state index in [0.29, 0.717) is 10.6 Å². The lowest BCUT2D eigenvalue weighted by Crippen LogP contribution is -2.15. The van der Waals surface area contributed by atoms with Crippen LogP contribution in [0, 0.1) is 0 Å². The molecule has 0 radical (unpaired) electrons. The first kappa shape index (κ1) is 10.0. The van der Waals surface area contributed by atoms with Gasteiger partial charge in [-0.2, -0.15) is 0 Å². The van der Waals surface area contributed by atoms with Gasteiger partial charge in [-0.3, -0.25) is 4.79 Å². The van der Waals surface area contributed by atoms with Crippen molar-refractivity contribution in [3.05, 3.63) is 34.9 Å². The van der Waals surface area contributed by atoms with Crippen molar-refractivity contribution >= 4 is 17.6 Å². The predicted molar refractivity (Wildman–Crippen MR) is 48.9 cm³/mol. The Morgan fingerprint density at radius 1 is 1.46 bits per heavy atom. The maximum absolute atomic E-state index is 10.7. The molecule has 0 aliphatic rings. The second-order valence-electron chi connectivity index (χ2n) is 2.59. The van der Waals surface area contributed by atoms with Gasteiger partial charge in [-0.25, -0.2) is 0 Å². The van der Waals surface area contributed by atoms with E-state index >= 15 is 0 Å². The second-order valence-corrected chi connectivity index (χ2v) is 3.00. The van der Waals surface area contributed by atoms with Crippen LogP contribution in [0.25, 0.3) is 0 Å². The summed E-state index contributed by atoms with van der Waals surface area (Å²) < 4.78 is 0. The minimum Gasteiger partial charge on any atom is -0.481 e. The Hall–Kier alpha value is -1.06. The average Bonchev–Trinajstić information content (AvgIpc) is 2.09. The number of carboxylic acid groups (broad SMARTS) is 1. The van der Waals surface area contributed by atoms with Crippen LogP contribution in [0.3, 0.4) is 0 Å². The molecule has 0 heterocycles. The van der Waals surface area contributed by atoms with Gasteiger partial charge >= 0.3 is 5.97 Å². The van der Waals surface area contributed by atoms with Crippen molar-refractivity contribution in [1.82, 2.24) is 0 Å². The van der Waals surface area contributed by atoms with Gasteiger partial charge in [-0.05, 0) is 11.6 Å². The van der Waals surface area contributed by atoms with Gasteiger partial charge in [0.2, 0.25) is 0 Å². The Morgan fingerprint density at radius 3 is 2.54 bits per heavy atom. The number of rotatable bonds is 3. The summed E-state index contributed by atoms with van der Waals surface area (Å²) in [6, 6.07) is 6.59. The van der Waals surface area contributed by atoms with Crippen LogP contribution in [-0.2, 0) is 4.79 Å². The fourth-order valence-electron chi connectivity index (χ4n) is 1.07. The molecule has 0 bridgehead atoms. The third-order valence-electron chi connectivity index (χ3n) is 1.76. The molecule has 0 amide bonds. The van der Waals surface area contributed by atoms with Crippen LogP contribution in [0.4, 0.5) is 0 Å². The summed E-state index contributed by atoms with van der Waals surface area (Å²) in [5, 5.41) is 17.9. The van der Waals surface area contributed by atoms with E-state index in [1.165, 1.54) is 0 Å². The van der Waals surface area contributed by atoms with Crippen molar-refractivity contribution in [2.24, 2.45) is 0 Å². The van der Waals surface area contributed by atoms with E-state index in [9.17, 15) is 4.79 Å². The van der Waals surface area contributed by atoms with Crippen LogP contribution < -0.4 is 0 Å². The van der Waals surface area contributed by atoms with Gasteiger partial charge in [0, 0.05) is 5.02 Å². The summed E-state index contributed by atoms with van der Waals surface area (Å²) in [4.78, 5) is 10.7. The smallest absolute Gasteiger partial charge is 0.313 e. The Morgan fingerprint density at radius 2 is 2.08 bits per heavy atom. The fraction of sp³-hybridized carbons (Fsp3) is 0.222. The molecule has 13 heavy (non-hydrogen) atoms. The number of hydrogen-bond acceptors (Lipinski definition) is 2. The van der Waals surface area contributed by atoms with Crippen molar-refractivity contribution in [2.45, 2.75) is 5.92 Å². The molecule has 0 fully saturated rings. The summed E-state index contributed by atoms with van der Waals surface area (Å²) in [5.41, 5.74) is 0.444. The third-order valence-corrected chi connectivity index (χ3v) is 2.11. The number of aliphatic hydroxyl groups is 1. The van der Waals surface area contributed by atoms with Gasteiger partial charge in [0.15, 0.2) is 0 Å². The highest BCUT2D eigenvalue weighted by Gasteiger charge is 2.20. The summed E-state index contributed by atoms with van der Waals surface area (Å²) >= 11 is 5.77. The highest BCUT2D eigenvalue weighted by atomic mass is 35.5. The van der Waals surface area contributed by atoms with Gasteiger partial charge in [0.05, 0.1) is 6.61 Å². The molecule has 2 N–H and O–H groups in total. The monoisotopic (exact) mass is 200 g/mol. The molecule has 1 aromatic rings. The molecule has 0 aliphatic heterocycles. The first-order chi connectivity index (χ1) is 6.16. The second kappa shape index (κ2) is 4.25. The van der Waals surface area contributed by atoms with Crippen LogP contribution in [0.2, 0.25) is 5.02 Å². The fourth-order valence-corrected chi connectivity index (χ4v) is 1.33. The van der Waals surface area contributed by atoms with Crippen molar-refractivity contribution in [2.75, 3.05) is 6.61 Å². The van der Waals surface area contributed by atoms with Gasteiger partial charge < -0.3 is 10.2 Å². The standard InChI is InChI=1S/C9H9ClO3/c10-8-4-2-1-3-6(8)7(5-11)9(12)13/h1-4,7,11H,5H2,(H,12,13). The van der Waals surface area contributed by atoms with Gasteiger partial charge in [-0.15, -0.1) is 0 Å². The molecule has 1 rings (SSSR count). The number of aliphatic carboxylic acids is 1. The molecular weight excluding hydrogens is 192 g/mol. The third kappa shape index (κ3) is 2.20. The molecule has 4 heteroatoms. The average molecular weight is 201 g/mol. The maximum atomic E-state index is 10.7. The molecule has 0 saturated heterocycles. The molecule has 0 aliphatic carbocycles. The van der Waals surface area contributed by atoms with Crippen LogP contribution in [-0.4, -0.2) is 22.8 Å². The zero-order valence-corrected chi connectivity index (χ0v) is 7.53. The number of hydrogen-bond donors (Lipinski definition) is 2. The van der Waals surface area contributed by atoms with E-state index in [0.717, 1.165) is 0 Å². The van der Waals surface area contributed by atoms with Crippen molar-refractivity contribution in [3.63, 3.8) is 0 Å². The van der Waals surface area contributed by atoms with E-state index < -0.39 is 18.5 Å². The minimum atomic E-state index is -1.07. The Labute approximate surface area is 80.6 Å². The summed E-state index contributed by atoms with van der Waals surface area (Å²) in [7, 11) is 0. The lowest BCUT2D eigenvalue weighted by Gasteiger charge is -2.10. The molecule has 0 spiro atoms. The van der Waals surface area contributed by atoms with E-state index in [4.69, 9.17) is 21.8 Å². The van der Waals surface area contributed by atoms with E-state index in [1.54, 1.807) is 24.3 Å². The van der Waals surface area contributed by atoms with Gasteiger partial charge in [-0.1, -0.05) is 29.8 Å². The van der Waals surface area contributed by atoms with Gasteiger partial charge in [0.1, 0.15) is 5.92 Å². The number of carboxylic acids is 1. The Kier molecular flexibility index (Phi) is 3.28. The molecule has 1 atom stereocenters. The molecule has 1 aromatic carbocycles. The highest BCUT2D eigenvalue weighted by molar-refractivity contribution is 6.31.